The second-order valence-electron chi connectivity index (χ2n) is 3.59. The number of rotatable bonds is 2. The molecule has 1 rings (SSSR count). The third-order valence-electron chi connectivity index (χ3n) is 2.43. The van der Waals surface area contributed by atoms with E-state index in [4.69, 9.17) is 5.11 Å². The van der Waals surface area contributed by atoms with Crippen LogP contribution in [0.5, 0.6) is 0 Å². The highest BCUT2D eigenvalue weighted by Gasteiger charge is 2.24. The molecule has 0 spiro atoms. The number of piperidine rings is 1. The predicted octanol–water partition coefficient (Wildman–Crippen LogP) is 1.00. The first kappa shape index (κ1) is 11.0. The number of likely N-dealkylation sites (tertiary alicyclic amines) is 1. The summed E-state index contributed by atoms with van der Waals surface area (Å²) in [5, 5.41) is 8.98. The van der Waals surface area contributed by atoms with Gasteiger partial charge in [0.1, 0.15) is 0 Å². The number of amides is 1. The minimum absolute atomic E-state index is 0.107. The monoisotopic (exact) mass is 249 g/mol. The molecule has 2 unspecified atom stereocenters. The van der Waals surface area contributed by atoms with E-state index in [1.54, 1.807) is 0 Å². The van der Waals surface area contributed by atoms with E-state index in [9.17, 15) is 4.79 Å². The molecule has 1 saturated heterocycles. The van der Waals surface area contributed by atoms with Gasteiger partial charge in [0.05, 0.1) is 4.83 Å². The zero-order chi connectivity index (χ0) is 9.84. The number of hydrogen-bond donors (Lipinski definition) is 1. The van der Waals surface area contributed by atoms with Gasteiger partial charge < -0.3 is 10.0 Å². The Morgan fingerprint density at radius 2 is 2.46 bits per heavy atom. The van der Waals surface area contributed by atoms with Crippen molar-refractivity contribution in [1.82, 2.24) is 4.90 Å². The van der Waals surface area contributed by atoms with E-state index in [1.807, 2.05) is 11.8 Å². The molecule has 1 aliphatic rings. The Labute approximate surface area is 87.2 Å². The predicted molar refractivity (Wildman–Crippen MR) is 54.8 cm³/mol. The summed E-state index contributed by atoms with van der Waals surface area (Å²) in [6.45, 7) is 3.59. The summed E-state index contributed by atoms with van der Waals surface area (Å²) in [6.07, 6.45) is 2.05. The van der Waals surface area contributed by atoms with Crippen LogP contribution >= 0.6 is 15.9 Å². The van der Waals surface area contributed by atoms with Crippen LogP contribution < -0.4 is 0 Å². The summed E-state index contributed by atoms with van der Waals surface area (Å²) in [4.78, 5) is 13.3. The van der Waals surface area contributed by atoms with Crippen LogP contribution in [0.1, 0.15) is 19.8 Å². The molecule has 3 nitrogen and oxygen atoms in total. The smallest absolute Gasteiger partial charge is 0.236 e. The molecule has 0 aromatic heterocycles. The van der Waals surface area contributed by atoms with Crippen molar-refractivity contribution < 1.29 is 9.90 Å². The molecule has 1 amide bonds. The molecule has 0 aromatic carbocycles. The average molecular weight is 250 g/mol. The zero-order valence-corrected chi connectivity index (χ0v) is 9.46. The first-order chi connectivity index (χ1) is 6.15. The molecular weight excluding hydrogens is 234 g/mol. The second-order valence-corrected chi connectivity index (χ2v) is 4.96. The van der Waals surface area contributed by atoms with Gasteiger partial charge in [-0.1, -0.05) is 15.9 Å². The average Bonchev–Trinajstić information content (AvgIpc) is 2.16. The molecule has 1 aliphatic heterocycles. The van der Waals surface area contributed by atoms with Gasteiger partial charge in [-0.15, -0.1) is 0 Å². The summed E-state index contributed by atoms with van der Waals surface area (Å²) in [5.41, 5.74) is 0. The zero-order valence-electron chi connectivity index (χ0n) is 7.87. The minimum Gasteiger partial charge on any atom is -0.396 e. The Kier molecular flexibility index (Phi) is 4.19. The van der Waals surface area contributed by atoms with Crippen LogP contribution in [0.15, 0.2) is 0 Å². The molecule has 4 heteroatoms. The van der Waals surface area contributed by atoms with E-state index in [2.05, 4.69) is 15.9 Å². The van der Waals surface area contributed by atoms with Crippen LogP contribution in [-0.2, 0) is 4.79 Å². The first-order valence-electron chi connectivity index (χ1n) is 4.69. The van der Waals surface area contributed by atoms with E-state index < -0.39 is 0 Å². The van der Waals surface area contributed by atoms with Crippen LogP contribution in [-0.4, -0.2) is 40.4 Å². The third-order valence-corrected chi connectivity index (χ3v) is 2.82. The molecule has 1 N–H and O–H groups in total. The van der Waals surface area contributed by atoms with Crippen LogP contribution in [0.2, 0.25) is 0 Å². The Morgan fingerprint density at radius 3 is 3.00 bits per heavy atom. The van der Waals surface area contributed by atoms with E-state index in [-0.39, 0.29) is 23.3 Å². The van der Waals surface area contributed by atoms with Gasteiger partial charge in [0.15, 0.2) is 0 Å². The molecule has 76 valence electrons. The third kappa shape index (κ3) is 2.95. The summed E-state index contributed by atoms with van der Waals surface area (Å²) in [6, 6.07) is 0. The van der Waals surface area contributed by atoms with Crippen molar-refractivity contribution in [2.75, 3.05) is 19.7 Å². The second kappa shape index (κ2) is 4.96. The number of carbonyl (C=O) groups is 1. The fourth-order valence-corrected chi connectivity index (χ4v) is 1.96. The lowest BCUT2D eigenvalue weighted by Crippen LogP contribution is -2.43. The lowest BCUT2D eigenvalue weighted by Gasteiger charge is -2.32. The number of aliphatic hydroxyl groups excluding tert-OH is 1. The highest BCUT2D eigenvalue weighted by Crippen LogP contribution is 2.17. The number of aliphatic hydroxyl groups is 1. The van der Waals surface area contributed by atoms with Crippen molar-refractivity contribution >= 4 is 21.8 Å². The number of halogens is 1. The standard InChI is InChI=1S/C9H16BrNO2/c1-7(10)9(13)11-4-2-3-8(5-11)6-12/h7-8,12H,2-6H2,1H3. The molecule has 0 aromatic rings. The largest absolute Gasteiger partial charge is 0.396 e. The molecule has 1 fully saturated rings. The fraction of sp³-hybridized carbons (Fsp3) is 0.889. The molecule has 0 saturated carbocycles. The quantitative estimate of drug-likeness (QED) is 0.743. The van der Waals surface area contributed by atoms with E-state index in [0.29, 0.717) is 6.54 Å². The lowest BCUT2D eigenvalue weighted by atomic mass is 9.99. The Morgan fingerprint density at radius 1 is 1.77 bits per heavy atom. The van der Waals surface area contributed by atoms with Gasteiger partial charge in [0.2, 0.25) is 5.91 Å². The maximum Gasteiger partial charge on any atom is 0.236 e. The van der Waals surface area contributed by atoms with Crippen molar-refractivity contribution in [2.24, 2.45) is 5.92 Å². The molecule has 0 radical (unpaired) electrons. The van der Waals surface area contributed by atoms with Crippen molar-refractivity contribution in [3.63, 3.8) is 0 Å². The Balaban J connectivity index is 2.46. The lowest BCUT2D eigenvalue weighted by molar-refractivity contribution is -0.132. The van der Waals surface area contributed by atoms with Crippen molar-refractivity contribution in [2.45, 2.75) is 24.6 Å². The highest BCUT2D eigenvalue weighted by atomic mass is 79.9. The van der Waals surface area contributed by atoms with E-state index >= 15 is 0 Å². The molecular formula is C9H16BrNO2. The molecule has 1 heterocycles. The molecule has 0 bridgehead atoms. The van der Waals surface area contributed by atoms with Crippen LogP contribution in [0, 0.1) is 5.92 Å². The van der Waals surface area contributed by atoms with Gasteiger partial charge in [-0.25, -0.2) is 0 Å². The van der Waals surface area contributed by atoms with Crippen LogP contribution in [0.3, 0.4) is 0 Å². The highest BCUT2D eigenvalue weighted by molar-refractivity contribution is 9.10. The van der Waals surface area contributed by atoms with E-state index in [1.165, 1.54) is 0 Å². The number of carbonyl (C=O) groups excluding carboxylic acids is 1. The number of hydrogen-bond acceptors (Lipinski definition) is 2. The van der Waals surface area contributed by atoms with Crippen LogP contribution in [0.4, 0.5) is 0 Å². The van der Waals surface area contributed by atoms with E-state index in [0.717, 1.165) is 19.4 Å². The molecule has 2 atom stereocenters. The van der Waals surface area contributed by atoms with Gasteiger partial charge >= 0.3 is 0 Å². The number of nitrogens with zero attached hydrogens (tertiary/aromatic N) is 1. The Hall–Kier alpha value is -0.0900. The van der Waals surface area contributed by atoms with Crippen molar-refractivity contribution in [3.05, 3.63) is 0 Å². The minimum atomic E-state index is -0.107. The fourth-order valence-electron chi connectivity index (χ4n) is 1.67. The number of alkyl halides is 1. The van der Waals surface area contributed by atoms with Gasteiger partial charge in [-0.05, 0) is 25.7 Å². The molecule has 13 heavy (non-hydrogen) atoms. The van der Waals surface area contributed by atoms with Gasteiger partial charge in [-0.2, -0.15) is 0 Å². The first-order valence-corrected chi connectivity index (χ1v) is 5.60. The van der Waals surface area contributed by atoms with Gasteiger partial charge in [-0.3, -0.25) is 4.79 Å². The van der Waals surface area contributed by atoms with Crippen molar-refractivity contribution in [1.29, 1.82) is 0 Å². The van der Waals surface area contributed by atoms with Gasteiger partial charge in [0, 0.05) is 19.7 Å². The van der Waals surface area contributed by atoms with Gasteiger partial charge in [0.25, 0.3) is 0 Å². The summed E-state index contributed by atoms with van der Waals surface area (Å²) >= 11 is 3.26. The Bertz CT molecular complexity index is 184. The topological polar surface area (TPSA) is 40.5 Å². The molecule has 0 aliphatic carbocycles. The summed E-state index contributed by atoms with van der Waals surface area (Å²) in [7, 11) is 0. The maximum atomic E-state index is 11.6. The maximum absolute atomic E-state index is 11.6. The SMILES string of the molecule is CC(Br)C(=O)N1CCCC(CO)C1. The summed E-state index contributed by atoms with van der Waals surface area (Å²) in [5.74, 6) is 0.419. The van der Waals surface area contributed by atoms with Crippen molar-refractivity contribution in [3.8, 4) is 0 Å². The normalized spacial score (nSPS) is 25.8. The van der Waals surface area contributed by atoms with Crippen LogP contribution in [0.25, 0.3) is 0 Å². The summed E-state index contributed by atoms with van der Waals surface area (Å²) < 4.78 is 0.